The summed E-state index contributed by atoms with van der Waals surface area (Å²) >= 11 is 0. The Morgan fingerprint density at radius 2 is 2.07 bits per heavy atom. The summed E-state index contributed by atoms with van der Waals surface area (Å²) in [6.07, 6.45) is -2.13. The second-order valence-electron chi connectivity index (χ2n) is 7.15. The Morgan fingerprint density at radius 3 is 2.75 bits per heavy atom. The highest BCUT2D eigenvalue weighted by Crippen LogP contribution is 2.22. The Hall–Kier alpha value is -1.77. The van der Waals surface area contributed by atoms with Gasteiger partial charge in [-0.25, -0.2) is 0 Å². The van der Waals surface area contributed by atoms with E-state index in [0.717, 1.165) is 25.1 Å². The molecule has 1 aromatic rings. The molecule has 1 fully saturated rings. The fraction of sp³-hybridized carbons (Fsp3) is 0.600. The fourth-order valence-electron chi connectivity index (χ4n) is 3.20. The average Bonchev–Trinajstić information content (AvgIpc) is 2.66. The maximum Gasteiger partial charge on any atom is 0.390 e. The quantitative estimate of drug-likeness (QED) is 0.532. The monoisotopic (exact) mass is 401 g/mol. The van der Waals surface area contributed by atoms with Gasteiger partial charge in [-0.2, -0.15) is 13.2 Å². The average molecular weight is 401 g/mol. The van der Waals surface area contributed by atoms with Crippen molar-refractivity contribution in [2.45, 2.75) is 31.5 Å². The zero-order valence-electron chi connectivity index (χ0n) is 16.0. The largest absolute Gasteiger partial charge is 0.491 e. The van der Waals surface area contributed by atoms with Gasteiger partial charge in [-0.1, -0.05) is 12.6 Å². The van der Waals surface area contributed by atoms with E-state index >= 15 is 0 Å². The SMILES string of the molecule is C=CNc1cccc(OCC(O)CNCC2CCN(CCC(F)(F)F)CC2)c1. The molecule has 0 amide bonds. The first-order valence-corrected chi connectivity index (χ1v) is 9.64. The number of likely N-dealkylation sites (tertiary alicyclic amines) is 1. The Balaban J connectivity index is 1.57. The third kappa shape index (κ3) is 8.95. The minimum Gasteiger partial charge on any atom is -0.491 e. The number of hydrogen-bond acceptors (Lipinski definition) is 5. The van der Waals surface area contributed by atoms with E-state index < -0.39 is 18.7 Å². The van der Waals surface area contributed by atoms with Gasteiger partial charge in [-0.05, 0) is 56.7 Å². The van der Waals surface area contributed by atoms with E-state index in [9.17, 15) is 18.3 Å². The number of rotatable bonds is 11. The molecule has 3 N–H and O–H groups in total. The van der Waals surface area contributed by atoms with Crippen molar-refractivity contribution in [2.75, 3.05) is 44.6 Å². The number of aliphatic hydroxyl groups is 1. The number of alkyl halides is 3. The molecule has 1 unspecified atom stereocenters. The van der Waals surface area contributed by atoms with Crippen LogP contribution in [0.4, 0.5) is 18.9 Å². The number of hydrogen-bond donors (Lipinski definition) is 3. The molecule has 0 radical (unpaired) electrons. The molecule has 1 aliphatic heterocycles. The molecule has 1 aliphatic rings. The molecular weight excluding hydrogens is 371 g/mol. The predicted octanol–water partition coefficient (Wildman–Crippen LogP) is 3.24. The third-order valence-electron chi connectivity index (χ3n) is 4.78. The highest BCUT2D eigenvalue weighted by atomic mass is 19.4. The van der Waals surface area contributed by atoms with Crippen molar-refractivity contribution in [3.05, 3.63) is 37.0 Å². The number of ether oxygens (including phenoxy) is 1. The summed E-state index contributed by atoms with van der Waals surface area (Å²) in [5.41, 5.74) is 0.863. The van der Waals surface area contributed by atoms with Crippen LogP contribution >= 0.6 is 0 Å². The topological polar surface area (TPSA) is 56.8 Å². The first kappa shape index (κ1) is 22.5. The number of piperidine rings is 1. The summed E-state index contributed by atoms with van der Waals surface area (Å²) in [5.74, 6) is 1.09. The van der Waals surface area contributed by atoms with Gasteiger partial charge in [0.25, 0.3) is 0 Å². The molecule has 0 saturated carbocycles. The molecule has 0 spiro atoms. The summed E-state index contributed by atoms with van der Waals surface area (Å²) in [7, 11) is 0. The smallest absolute Gasteiger partial charge is 0.390 e. The van der Waals surface area contributed by atoms with Crippen LogP contribution in [0.2, 0.25) is 0 Å². The summed E-state index contributed by atoms with van der Waals surface area (Å²) in [6.45, 7) is 6.44. The van der Waals surface area contributed by atoms with Gasteiger partial charge < -0.3 is 25.4 Å². The normalized spacial score (nSPS) is 17.3. The summed E-state index contributed by atoms with van der Waals surface area (Å²) < 4.78 is 42.4. The number of halogens is 3. The van der Waals surface area contributed by atoms with E-state index in [-0.39, 0.29) is 13.2 Å². The van der Waals surface area contributed by atoms with E-state index in [1.807, 2.05) is 29.2 Å². The Labute approximate surface area is 164 Å². The van der Waals surface area contributed by atoms with Crippen LogP contribution in [0.15, 0.2) is 37.0 Å². The van der Waals surface area contributed by atoms with Crippen molar-refractivity contribution >= 4 is 5.69 Å². The molecule has 8 heteroatoms. The molecular formula is C20H30F3N3O2. The Bertz CT molecular complexity index is 590. The van der Waals surface area contributed by atoms with E-state index in [2.05, 4.69) is 17.2 Å². The number of benzene rings is 1. The van der Waals surface area contributed by atoms with Crippen LogP contribution in [0.1, 0.15) is 19.3 Å². The minimum atomic E-state index is -4.08. The van der Waals surface area contributed by atoms with Crippen LogP contribution in [0.5, 0.6) is 5.75 Å². The van der Waals surface area contributed by atoms with Crippen molar-refractivity contribution in [3.8, 4) is 5.75 Å². The molecule has 1 heterocycles. The van der Waals surface area contributed by atoms with Crippen LogP contribution in [0.25, 0.3) is 0 Å². The predicted molar refractivity (Wildman–Crippen MR) is 104 cm³/mol. The molecule has 2 rings (SSSR count). The number of anilines is 1. The van der Waals surface area contributed by atoms with Crippen LogP contribution in [0, 0.1) is 5.92 Å². The molecule has 0 aliphatic carbocycles. The Morgan fingerprint density at radius 1 is 1.32 bits per heavy atom. The Kier molecular flexibility index (Phi) is 9.08. The lowest BCUT2D eigenvalue weighted by Crippen LogP contribution is -2.40. The van der Waals surface area contributed by atoms with Crippen LogP contribution in [-0.4, -0.2) is 61.6 Å². The summed E-state index contributed by atoms with van der Waals surface area (Å²) in [5, 5.41) is 16.3. The molecule has 0 aromatic heterocycles. The number of nitrogens with zero attached hydrogens (tertiary/aromatic N) is 1. The number of nitrogens with one attached hydrogen (secondary N) is 2. The van der Waals surface area contributed by atoms with E-state index in [1.54, 1.807) is 6.20 Å². The fourth-order valence-corrected chi connectivity index (χ4v) is 3.20. The van der Waals surface area contributed by atoms with E-state index in [0.29, 0.717) is 31.3 Å². The molecule has 28 heavy (non-hydrogen) atoms. The molecule has 5 nitrogen and oxygen atoms in total. The van der Waals surface area contributed by atoms with Gasteiger partial charge in [0.2, 0.25) is 0 Å². The van der Waals surface area contributed by atoms with Gasteiger partial charge in [0.1, 0.15) is 18.5 Å². The van der Waals surface area contributed by atoms with Gasteiger partial charge in [-0.15, -0.1) is 0 Å². The second kappa shape index (κ2) is 11.3. The lowest BCUT2D eigenvalue weighted by atomic mass is 9.96. The van der Waals surface area contributed by atoms with Crippen molar-refractivity contribution in [3.63, 3.8) is 0 Å². The van der Waals surface area contributed by atoms with Crippen LogP contribution in [-0.2, 0) is 0 Å². The maximum absolute atomic E-state index is 12.3. The lowest BCUT2D eigenvalue weighted by molar-refractivity contribution is -0.138. The van der Waals surface area contributed by atoms with Crippen molar-refractivity contribution in [2.24, 2.45) is 5.92 Å². The first-order chi connectivity index (χ1) is 13.4. The molecule has 1 saturated heterocycles. The molecule has 0 bridgehead atoms. The highest BCUT2D eigenvalue weighted by Gasteiger charge is 2.29. The van der Waals surface area contributed by atoms with E-state index in [1.165, 1.54) is 0 Å². The first-order valence-electron chi connectivity index (χ1n) is 9.64. The van der Waals surface area contributed by atoms with Gasteiger partial charge >= 0.3 is 6.18 Å². The second-order valence-corrected chi connectivity index (χ2v) is 7.15. The minimum absolute atomic E-state index is 0.0865. The molecule has 1 aromatic carbocycles. The standard InChI is InChI=1S/C20H30F3N3O2/c1-2-25-17-4-3-5-19(12-17)28-15-18(27)14-24-13-16-6-9-26(10-7-16)11-8-20(21,22)23/h2-5,12,16,18,24-25,27H,1,6-11,13-15H2. The van der Waals surface area contributed by atoms with Gasteiger partial charge in [0, 0.05) is 24.8 Å². The maximum atomic E-state index is 12.3. The van der Waals surface area contributed by atoms with E-state index in [4.69, 9.17) is 4.74 Å². The van der Waals surface area contributed by atoms with Crippen molar-refractivity contribution in [1.29, 1.82) is 0 Å². The highest BCUT2D eigenvalue weighted by molar-refractivity contribution is 5.49. The molecule has 1 atom stereocenters. The summed E-state index contributed by atoms with van der Waals surface area (Å²) in [4.78, 5) is 1.88. The zero-order chi connectivity index (χ0) is 20.4. The van der Waals surface area contributed by atoms with Crippen LogP contribution < -0.4 is 15.4 Å². The zero-order valence-corrected chi connectivity index (χ0v) is 16.0. The van der Waals surface area contributed by atoms with Gasteiger partial charge in [-0.3, -0.25) is 0 Å². The lowest BCUT2D eigenvalue weighted by Gasteiger charge is -2.32. The third-order valence-corrected chi connectivity index (χ3v) is 4.78. The number of aliphatic hydroxyl groups excluding tert-OH is 1. The van der Waals surface area contributed by atoms with Crippen LogP contribution in [0.3, 0.4) is 0 Å². The van der Waals surface area contributed by atoms with Crippen molar-refractivity contribution < 1.29 is 23.0 Å². The van der Waals surface area contributed by atoms with Gasteiger partial charge in [0.05, 0.1) is 6.42 Å². The summed E-state index contributed by atoms with van der Waals surface area (Å²) in [6, 6.07) is 7.39. The van der Waals surface area contributed by atoms with Crippen molar-refractivity contribution in [1.82, 2.24) is 10.2 Å². The van der Waals surface area contributed by atoms with Gasteiger partial charge in [0.15, 0.2) is 0 Å². The molecule has 158 valence electrons.